The standard InChI is InChI=1S/C37H41.2ClH.Zr/c1-25(27(3)36(4,5)31-14-10-8-11-15-31)20-28-18-19-33-30(22-28)23-29-21-26(2)35(24-34(29)33)37(6,7)32-16-12-9-13-17-32;;;/h8-19,21,24-25,27H,20,23H2,1-7H3;2*1H;/q;;;+2/p-2. The van der Waals surface area contributed by atoms with Crippen LogP contribution in [-0.4, -0.2) is 0 Å². The Labute approximate surface area is 270 Å². The molecule has 0 fully saturated rings. The van der Waals surface area contributed by atoms with Gasteiger partial charge in [-0.2, -0.15) is 0 Å². The van der Waals surface area contributed by atoms with Crippen LogP contribution in [0.15, 0.2) is 84.9 Å². The fourth-order valence-electron chi connectivity index (χ4n) is 6.71. The molecule has 207 valence electrons. The normalized spacial score (nSPS) is 13.9. The maximum atomic E-state index is 2.51. The third-order valence-corrected chi connectivity index (χ3v) is 11.3. The molecule has 4 aromatic carbocycles. The van der Waals surface area contributed by atoms with E-state index in [9.17, 15) is 0 Å². The molecule has 0 spiro atoms. The molecule has 1 aliphatic rings. The van der Waals surface area contributed by atoms with Gasteiger partial charge in [0.1, 0.15) is 0 Å². The van der Waals surface area contributed by atoms with E-state index in [-0.39, 0.29) is 35.6 Å². The molecule has 5 rings (SSSR count). The van der Waals surface area contributed by atoms with Gasteiger partial charge in [0.2, 0.25) is 0 Å². The molecule has 2 unspecified atom stereocenters. The summed E-state index contributed by atoms with van der Waals surface area (Å²) < 4.78 is 1.59. The Bertz CT molecular complexity index is 1450. The van der Waals surface area contributed by atoms with Crippen molar-refractivity contribution in [2.45, 2.75) is 72.1 Å². The molecule has 2 atom stereocenters. The van der Waals surface area contributed by atoms with Crippen LogP contribution in [0.2, 0.25) is 0 Å². The van der Waals surface area contributed by atoms with Crippen molar-refractivity contribution in [1.29, 1.82) is 0 Å². The van der Waals surface area contributed by atoms with Crippen molar-refractivity contribution in [3.05, 3.63) is 124 Å². The van der Waals surface area contributed by atoms with E-state index in [1.165, 1.54) is 63.7 Å². The van der Waals surface area contributed by atoms with E-state index in [0.717, 1.165) is 12.8 Å². The zero-order chi connectivity index (χ0) is 27.2. The minimum Gasteiger partial charge on any atom is -1.00 e. The minimum absolute atomic E-state index is 0. The van der Waals surface area contributed by atoms with E-state index < -0.39 is 0 Å². The molecule has 1 aliphatic carbocycles. The molecule has 0 saturated carbocycles. The molecule has 0 amide bonds. The molecule has 4 aromatic rings. The van der Waals surface area contributed by atoms with E-state index >= 15 is 0 Å². The van der Waals surface area contributed by atoms with Crippen LogP contribution in [0.4, 0.5) is 0 Å². The summed E-state index contributed by atoms with van der Waals surface area (Å²) in [6, 6.07) is 31.9. The second-order valence-corrected chi connectivity index (χ2v) is 13.9. The number of halogens is 2. The molecule has 3 heteroatoms. The van der Waals surface area contributed by atoms with E-state index in [4.69, 9.17) is 0 Å². The third kappa shape index (κ3) is 5.95. The van der Waals surface area contributed by atoms with Crippen LogP contribution in [0.25, 0.3) is 11.1 Å². The Morgan fingerprint density at radius 1 is 0.750 bits per heavy atom. The third-order valence-electron chi connectivity index (χ3n) is 9.73. The molecular weight excluding hydrogens is 607 g/mol. The van der Waals surface area contributed by atoms with Crippen LogP contribution >= 0.6 is 0 Å². The first kappa shape index (κ1) is 32.9. The molecule has 0 heterocycles. The summed E-state index contributed by atoms with van der Waals surface area (Å²) in [5, 5.41) is 0. The van der Waals surface area contributed by atoms with E-state index in [1.807, 2.05) is 0 Å². The minimum atomic E-state index is -0.0269. The average Bonchev–Trinajstić information content (AvgIpc) is 3.28. The maximum Gasteiger partial charge on any atom is -1.00 e. The van der Waals surface area contributed by atoms with Gasteiger partial charge < -0.3 is 24.8 Å². The Hall–Kier alpha value is -1.66. The summed E-state index contributed by atoms with van der Waals surface area (Å²) >= 11 is 1.54. The van der Waals surface area contributed by atoms with Crippen LogP contribution in [0.5, 0.6) is 0 Å². The largest absolute Gasteiger partial charge is 1.00 e. The summed E-state index contributed by atoms with van der Waals surface area (Å²) in [5.41, 5.74) is 13.3. The monoisotopic (exact) mass is 645 g/mol. The molecule has 0 radical (unpaired) electrons. The molecule has 0 saturated heterocycles. The van der Waals surface area contributed by atoms with Gasteiger partial charge in [-0.3, -0.25) is 0 Å². The summed E-state index contributed by atoms with van der Waals surface area (Å²) in [4.78, 5) is 0. The molecule has 0 nitrogen and oxygen atoms in total. The molecule has 0 bridgehead atoms. The first-order valence-electron chi connectivity index (χ1n) is 14.1. The zero-order valence-corrected chi connectivity index (χ0v) is 28.9. The van der Waals surface area contributed by atoms with Gasteiger partial charge in [-0.15, -0.1) is 0 Å². The Balaban J connectivity index is 0.00000220. The number of benzene rings is 4. The van der Waals surface area contributed by atoms with Crippen LogP contribution in [0, 0.1) is 18.8 Å². The van der Waals surface area contributed by atoms with Gasteiger partial charge >= 0.3 is 247 Å². The number of rotatable bonds is 7. The van der Waals surface area contributed by atoms with E-state index in [1.54, 1.807) is 14.4 Å². The van der Waals surface area contributed by atoms with Gasteiger partial charge in [-0.05, 0) is 0 Å². The van der Waals surface area contributed by atoms with Crippen LogP contribution in [0.1, 0.15) is 80.5 Å². The molecule has 0 N–H and O–H groups in total. The van der Waals surface area contributed by atoms with Crippen molar-refractivity contribution in [2.75, 3.05) is 0 Å². The van der Waals surface area contributed by atoms with Crippen molar-refractivity contribution in [3.63, 3.8) is 0 Å². The number of fused-ring (bicyclic) bond motifs is 3. The van der Waals surface area contributed by atoms with Gasteiger partial charge in [-0.25, -0.2) is 0 Å². The van der Waals surface area contributed by atoms with Gasteiger partial charge in [0.25, 0.3) is 0 Å². The van der Waals surface area contributed by atoms with E-state index in [0.29, 0.717) is 11.8 Å². The number of hydrogen-bond donors (Lipinski definition) is 0. The van der Waals surface area contributed by atoms with Crippen molar-refractivity contribution in [2.24, 2.45) is 11.8 Å². The van der Waals surface area contributed by atoms with Crippen LogP contribution in [-0.2, 0) is 48.4 Å². The van der Waals surface area contributed by atoms with Gasteiger partial charge in [-0.1, -0.05) is 0 Å². The van der Waals surface area contributed by atoms with Crippen molar-refractivity contribution in [1.82, 2.24) is 0 Å². The van der Waals surface area contributed by atoms with Crippen LogP contribution < -0.4 is 28.1 Å². The van der Waals surface area contributed by atoms with Gasteiger partial charge in [0.05, 0.1) is 0 Å². The Morgan fingerprint density at radius 2 is 1.32 bits per heavy atom. The zero-order valence-electron chi connectivity index (χ0n) is 24.9. The van der Waals surface area contributed by atoms with Gasteiger partial charge in [0, 0.05) is 0 Å². The summed E-state index contributed by atoms with van der Waals surface area (Å²) in [6.07, 6.45) is 2.22. The predicted molar refractivity (Wildman–Crippen MR) is 159 cm³/mol. The maximum absolute atomic E-state index is 2.51. The Kier molecular flexibility index (Phi) is 10.4. The molecule has 0 aliphatic heterocycles. The topological polar surface area (TPSA) is 0 Å². The van der Waals surface area contributed by atoms with Gasteiger partial charge in [0.15, 0.2) is 0 Å². The fourth-order valence-corrected chi connectivity index (χ4v) is 7.71. The molecule has 40 heavy (non-hydrogen) atoms. The quantitative estimate of drug-likeness (QED) is 0.255. The second kappa shape index (κ2) is 12.7. The summed E-state index contributed by atoms with van der Waals surface area (Å²) in [6.45, 7) is 16.8. The average molecular weight is 648 g/mol. The summed E-state index contributed by atoms with van der Waals surface area (Å²) in [5.74, 6) is 1.18. The van der Waals surface area contributed by atoms with Crippen LogP contribution in [0.3, 0.4) is 0 Å². The summed E-state index contributed by atoms with van der Waals surface area (Å²) in [7, 11) is 0. The van der Waals surface area contributed by atoms with Crippen molar-refractivity contribution >= 4 is 3.27 Å². The second-order valence-electron chi connectivity index (χ2n) is 12.7. The van der Waals surface area contributed by atoms with Crippen molar-refractivity contribution < 1.29 is 49.5 Å². The van der Waals surface area contributed by atoms with Crippen molar-refractivity contribution in [3.8, 4) is 11.1 Å². The smallest absolute Gasteiger partial charge is 1.00 e. The van der Waals surface area contributed by atoms with E-state index in [2.05, 4.69) is 133 Å². The fraction of sp³-hybridized carbons (Fsp3) is 0.351. The SMILES string of the molecule is Cc1cc2c(cc1C(C)(C)c1ccccc1)-c1ccc(CC(C)C(C)C(C)(C)c3ccccc3)[c]([Zr+2])c1C2.[Cl-].[Cl-]. The Morgan fingerprint density at radius 3 is 1.93 bits per heavy atom. The molecular formula is C37H41Cl2Zr. The molecule has 0 aromatic heterocycles. The predicted octanol–water partition coefficient (Wildman–Crippen LogP) is 2.86. The number of aryl methyl sites for hydroxylation is 1. The first-order valence-corrected chi connectivity index (χ1v) is 15.4. The first-order chi connectivity index (χ1) is 18.0. The number of hydrogen-bond acceptors (Lipinski definition) is 0.